The normalized spacial score (nSPS) is 12.2. The molecule has 0 aliphatic carbocycles. The Morgan fingerprint density at radius 2 is 2.17 bits per heavy atom. The lowest BCUT2D eigenvalue weighted by Gasteiger charge is -2.14. The van der Waals surface area contributed by atoms with Crippen LogP contribution in [0, 0.1) is 5.92 Å². The Kier molecular flexibility index (Phi) is 6.32. The van der Waals surface area contributed by atoms with Crippen LogP contribution >= 0.6 is 22.6 Å². The lowest BCUT2D eigenvalue weighted by Crippen LogP contribution is -2.30. The van der Waals surface area contributed by atoms with Gasteiger partial charge in [0.25, 0.3) is 0 Å². The van der Waals surface area contributed by atoms with E-state index in [9.17, 15) is 9.59 Å². The first kappa shape index (κ1) is 11.9. The highest BCUT2D eigenvalue weighted by molar-refractivity contribution is 14.1. The van der Waals surface area contributed by atoms with Gasteiger partial charge in [0.15, 0.2) is 0 Å². The predicted molar refractivity (Wildman–Crippen MR) is 56.4 cm³/mol. The summed E-state index contributed by atoms with van der Waals surface area (Å²) in [5, 5.41) is 0. The van der Waals surface area contributed by atoms with Crippen molar-refractivity contribution in [3.63, 3.8) is 0 Å². The number of aldehydes is 1. The summed E-state index contributed by atoms with van der Waals surface area (Å²) in [6.45, 7) is 0. The minimum absolute atomic E-state index is 0.0881. The van der Waals surface area contributed by atoms with E-state index in [1.807, 2.05) is 0 Å². The molecular weight excluding hydrogens is 269 g/mol. The average Bonchev–Trinajstić information content (AvgIpc) is 2.05. The van der Waals surface area contributed by atoms with Gasteiger partial charge in [-0.05, 0) is 17.3 Å². The molecule has 0 aromatic rings. The number of carbonyl (C=O) groups excluding carboxylic acids is 2. The molecular formula is C8H14INO2. The molecule has 0 aromatic heterocycles. The fourth-order valence-electron chi connectivity index (χ4n) is 0.878. The smallest absolute Gasteiger partial charge is 0.232 e. The van der Waals surface area contributed by atoms with Crippen LogP contribution in [0.4, 0.5) is 0 Å². The van der Waals surface area contributed by atoms with Crippen molar-refractivity contribution in [3.8, 4) is 0 Å². The zero-order chi connectivity index (χ0) is 9.56. The third-order valence-corrected chi connectivity index (χ3v) is 2.33. The molecule has 1 atom stereocenters. The SMILES string of the molecule is CN(C)C(=O)C(C=O)CCCI. The quantitative estimate of drug-likeness (QED) is 0.328. The van der Waals surface area contributed by atoms with E-state index in [0.29, 0.717) is 6.42 Å². The maximum atomic E-state index is 11.3. The third-order valence-electron chi connectivity index (χ3n) is 1.57. The average molecular weight is 283 g/mol. The molecule has 0 aliphatic heterocycles. The monoisotopic (exact) mass is 283 g/mol. The van der Waals surface area contributed by atoms with Crippen LogP contribution in [-0.2, 0) is 9.59 Å². The first-order valence-corrected chi connectivity index (χ1v) is 5.38. The van der Waals surface area contributed by atoms with Crippen molar-refractivity contribution < 1.29 is 9.59 Å². The summed E-state index contributed by atoms with van der Waals surface area (Å²) in [5.74, 6) is -0.524. The van der Waals surface area contributed by atoms with Crippen molar-refractivity contribution in [1.82, 2.24) is 4.90 Å². The highest BCUT2D eigenvalue weighted by Crippen LogP contribution is 2.07. The van der Waals surface area contributed by atoms with Crippen molar-refractivity contribution >= 4 is 34.8 Å². The number of hydrogen-bond donors (Lipinski definition) is 0. The van der Waals surface area contributed by atoms with Gasteiger partial charge in [0.1, 0.15) is 6.29 Å². The number of rotatable bonds is 5. The highest BCUT2D eigenvalue weighted by Gasteiger charge is 2.18. The Hall–Kier alpha value is -0.130. The van der Waals surface area contributed by atoms with Gasteiger partial charge in [-0.1, -0.05) is 22.6 Å². The number of carbonyl (C=O) groups is 2. The van der Waals surface area contributed by atoms with Crippen LogP contribution in [0.2, 0.25) is 0 Å². The fourth-order valence-corrected chi connectivity index (χ4v) is 1.32. The molecule has 0 saturated heterocycles. The summed E-state index contributed by atoms with van der Waals surface area (Å²) in [6, 6.07) is 0. The molecule has 0 bridgehead atoms. The Morgan fingerprint density at radius 1 is 1.58 bits per heavy atom. The van der Waals surface area contributed by atoms with Gasteiger partial charge in [-0.15, -0.1) is 0 Å². The van der Waals surface area contributed by atoms with E-state index >= 15 is 0 Å². The molecule has 0 fully saturated rings. The van der Waals surface area contributed by atoms with E-state index in [4.69, 9.17) is 0 Å². The first-order chi connectivity index (χ1) is 5.63. The van der Waals surface area contributed by atoms with E-state index in [1.54, 1.807) is 14.1 Å². The number of halogens is 1. The van der Waals surface area contributed by atoms with Crippen LogP contribution in [-0.4, -0.2) is 35.6 Å². The molecule has 0 N–H and O–H groups in total. The lowest BCUT2D eigenvalue weighted by atomic mass is 10.0. The van der Waals surface area contributed by atoms with E-state index in [1.165, 1.54) is 4.90 Å². The minimum Gasteiger partial charge on any atom is -0.348 e. The molecule has 0 aromatic carbocycles. The van der Waals surface area contributed by atoms with Crippen molar-refractivity contribution in [3.05, 3.63) is 0 Å². The van der Waals surface area contributed by atoms with Gasteiger partial charge in [-0.3, -0.25) is 4.79 Å². The maximum Gasteiger partial charge on any atom is 0.232 e. The van der Waals surface area contributed by atoms with Gasteiger partial charge >= 0.3 is 0 Å². The van der Waals surface area contributed by atoms with Crippen molar-refractivity contribution in [2.75, 3.05) is 18.5 Å². The number of amides is 1. The molecule has 70 valence electrons. The summed E-state index contributed by atoms with van der Waals surface area (Å²) < 4.78 is 0.989. The predicted octanol–water partition coefficient (Wildman–Crippen LogP) is 1.10. The van der Waals surface area contributed by atoms with E-state index in [-0.39, 0.29) is 5.91 Å². The maximum absolute atomic E-state index is 11.3. The van der Waals surface area contributed by atoms with Crippen molar-refractivity contribution in [2.45, 2.75) is 12.8 Å². The number of nitrogens with zero attached hydrogens (tertiary/aromatic N) is 1. The van der Waals surface area contributed by atoms with E-state index in [2.05, 4.69) is 22.6 Å². The summed E-state index contributed by atoms with van der Waals surface area (Å²) in [7, 11) is 3.34. The topological polar surface area (TPSA) is 37.4 Å². The third kappa shape index (κ3) is 4.04. The number of alkyl halides is 1. The second kappa shape index (κ2) is 6.39. The summed E-state index contributed by atoms with van der Waals surface area (Å²) in [4.78, 5) is 23.2. The van der Waals surface area contributed by atoms with E-state index < -0.39 is 5.92 Å². The summed E-state index contributed by atoms with van der Waals surface area (Å²) in [5.41, 5.74) is 0. The minimum atomic E-state index is -0.435. The standard InChI is InChI=1S/C8H14INO2/c1-10(2)8(12)7(6-11)4-3-5-9/h6-7H,3-5H2,1-2H3. The Bertz CT molecular complexity index is 159. The largest absolute Gasteiger partial charge is 0.348 e. The van der Waals surface area contributed by atoms with Crippen LogP contribution in [0.3, 0.4) is 0 Å². The van der Waals surface area contributed by atoms with Crippen LogP contribution in [0.5, 0.6) is 0 Å². The van der Waals surface area contributed by atoms with Gasteiger partial charge < -0.3 is 9.69 Å². The second-order valence-corrected chi connectivity index (χ2v) is 3.89. The molecule has 0 aliphatic rings. The van der Waals surface area contributed by atoms with Crippen LogP contribution in [0.25, 0.3) is 0 Å². The molecule has 0 radical (unpaired) electrons. The zero-order valence-electron chi connectivity index (χ0n) is 7.42. The fraction of sp³-hybridized carbons (Fsp3) is 0.750. The van der Waals surface area contributed by atoms with Gasteiger partial charge in [0, 0.05) is 14.1 Å². The molecule has 0 rings (SSSR count). The molecule has 0 heterocycles. The first-order valence-electron chi connectivity index (χ1n) is 3.86. The lowest BCUT2D eigenvalue weighted by molar-refractivity contribution is -0.135. The van der Waals surface area contributed by atoms with Crippen molar-refractivity contribution in [2.24, 2.45) is 5.92 Å². The van der Waals surface area contributed by atoms with Crippen LogP contribution < -0.4 is 0 Å². The molecule has 0 spiro atoms. The van der Waals surface area contributed by atoms with Gasteiger partial charge in [0.2, 0.25) is 5.91 Å². The van der Waals surface area contributed by atoms with Crippen LogP contribution in [0.15, 0.2) is 0 Å². The Labute approximate surface area is 86.6 Å². The Morgan fingerprint density at radius 3 is 2.50 bits per heavy atom. The molecule has 1 unspecified atom stereocenters. The number of hydrogen-bond acceptors (Lipinski definition) is 2. The van der Waals surface area contributed by atoms with Gasteiger partial charge in [0.05, 0.1) is 5.92 Å². The van der Waals surface area contributed by atoms with E-state index in [0.717, 1.165) is 17.1 Å². The van der Waals surface area contributed by atoms with Gasteiger partial charge in [-0.25, -0.2) is 0 Å². The second-order valence-electron chi connectivity index (χ2n) is 2.81. The van der Waals surface area contributed by atoms with Crippen LogP contribution in [0.1, 0.15) is 12.8 Å². The molecule has 1 amide bonds. The summed E-state index contributed by atoms with van der Waals surface area (Å²) >= 11 is 2.24. The highest BCUT2D eigenvalue weighted by atomic mass is 127. The molecule has 4 heteroatoms. The molecule has 0 saturated carbocycles. The zero-order valence-corrected chi connectivity index (χ0v) is 9.58. The summed E-state index contributed by atoms with van der Waals surface area (Å²) in [6.07, 6.45) is 2.33. The molecule has 3 nitrogen and oxygen atoms in total. The Balaban J connectivity index is 3.96. The van der Waals surface area contributed by atoms with Gasteiger partial charge in [-0.2, -0.15) is 0 Å². The van der Waals surface area contributed by atoms with Crippen molar-refractivity contribution in [1.29, 1.82) is 0 Å². The molecule has 12 heavy (non-hydrogen) atoms.